The van der Waals surface area contributed by atoms with Gasteiger partial charge in [0.1, 0.15) is 11.6 Å². The second-order valence-electron chi connectivity index (χ2n) is 14.4. The van der Waals surface area contributed by atoms with Gasteiger partial charge in [0.25, 0.3) is 0 Å². The number of nitrogens with zero attached hydrogens (tertiary/aromatic N) is 2. The number of carbonyl (C=O) groups is 2. The van der Waals surface area contributed by atoms with Gasteiger partial charge in [-0.05, 0) is 101 Å². The first kappa shape index (κ1) is 30.9. The number of halogens is 3. The van der Waals surface area contributed by atoms with Crippen LogP contribution < -0.4 is 5.32 Å². The Morgan fingerprint density at radius 3 is 2.26 bits per heavy atom. The minimum atomic E-state index is -0.613. The molecule has 0 bridgehead atoms. The summed E-state index contributed by atoms with van der Waals surface area (Å²) in [5.41, 5.74) is 3.14. The summed E-state index contributed by atoms with van der Waals surface area (Å²) in [6, 6.07) is 8.00. The number of hydrogen-bond donors (Lipinski definition) is 1. The van der Waals surface area contributed by atoms with E-state index in [1.165, 1.54) is 23.3 Å². The van der Waals surface area contributed by atoms with Gasteiger partial charge in [0.15, 0.2) is 0 Å². The average molecular weight is 600 g/mol. The van der Waals surface area contributed by atoms with Gasteiger partial charge in [-0.15, -0.1) is 0 Å². The average Bonchev–Trinajstić information content (AvgIpc) is 3.45. The van der Waals surface area contributed by atoms with Crippen LogP contribution >= 0.6 is 11.6 Å². The lowest BCUT2D eigenvalue weighted by Gasteiger charge is -2.42. The summed E-state index contributed by atoms with van der Waals surface area (Å²) in [6.07, 6.45) is 2.47. The molecular formula is C34H44ClF2N3O2. The highest BCUT2D eigenvalue weighted by Gasteiger charge is 2.52. The third kappa shape index (κ3) is 5.59. The summed E-state index contributed by atoms with van der Waals surface area (Å²) in [5.74, 6) is -1.84. The molecule has 3 aliphatic rings. The molecule has 5 rings (SSSR count). The predicted octanol–water partition coefficient (Wildman–Crippen LogP) is 6.70. The van der Waals surface area contributed by atoms with E-state index in [0.717, 1.165) is 35.9 Å². The van der Waals surface area contributed by atoms with Gasteiger partial charge in [-0.3, -0.25) is 14.5 Å². The molecule has 2 aromatic carbocycles. The number of hydrogen-bond acceptors (Lipinski definition) is 3. The van der Waals surface area contributed by atoms with Gasteiger partial charge in [0, 0.05) is 67.1 Å². The fourth-order valence-corrected chi connectivity index (χ4v) is 7.99. The smallest absolute Gasteiger partial charge is 0.227 e. The van der Waals surface area contributed by atoms with Gasteiger partial charge < -0.3 is 10.2 Å². The Morgan fingerprint density at radius 1 is 1.00 bits per heavy atom. The van der Waals surface area contributed by atoms with Crippen LogP contribution in [0, 0.1) is 24.5 Å². The maximum Gasteiger partial charge on any atom is 0.227 e. The summed E-state index contributed by atoms with van der Waals surface area (Å²) < 4.78 is 28.8. The Labute approximate surface area is 254 Å². The minimum absolute atomic E-state index is 0.0422. The number of rotatable bonds is 4. The molecule has 42 heavy (non-hydrogen) atoms. The Balaban J connectivity index is 1.40. The zero-order chi connectivity index (χ0) is 30.8. The van der Waals surface area contributed by atoms with Crippen LogP contribution in [0.3, 0.4) is 0 Å². The maximum absolute atomic E-state index is 15.0. The van der Waals surface area contributed by atoms with Crippen LogP contribution in [0.2, 0.25) is 5.02 Å². The van der Waals surface area contributed by atoms with Gasteiger partial charge in [-0.2, -0.15) is 0 Å². The zero-order valence-electron chi connectivity index (χ0n) is 25.9. The molecule has 2 amide bonds. The number of fused-ring (bicyclic) bond motifs is 2. The second kappa shape index (κ2) is 10.9. The first-order valence-corrected chi connectivity index (χ1v) is 15.5. The van der Waals surface area contributed by atoms with Crippen molar-refractivity contribution in [3.8, 4) is 0 Å². The Kier molecular flexibility index (Phi) is 8.02. The van der Waals surface area contributed by atoms with Crippen LogP contribution in [0.5, 0.6) is 0 Å². The molecule has 8 heteroatoms. The molecule has 0 aromatic heterocycles. The van der Waals surface area contributed by atoms with Crippen molar-refractivity contribution in [3.63, 3.8) is 0 Å². The molecule has 1 unspecified atom stereocenters. The number of piperidine rings is 1. The van der Waals surface area contributed by atoms with Crippen molar-refractivity contribution in [3.05, 3.63) is 69.2 Å². The number of carbonyl (C=O) groups excluding carboxylic acids is 2. The SMILES string of the molecule is CC(=O)NC(C)(C)[C@H]1CC2(CCN(C(=O)C3CN(C(C)(C)C)C[C@H]3c3ccc(F)cc3F)CC2)c2cc(Cl)c(C)cc21. The van der Waals surface area contributed by atoms with Crippen LogP contribution in [-0.2, 0) is 15.0 Å². The maximum atomic E-state index is 15.0. The Bertz CT molecular complexity index is 1390. The van der Waals surface area contributed by atoms with E-state index in [0.29, 0.717) is 31.7 Å². The van der Waals surface area contributed by atoms with E-state index in [1.54, 1.807) is 6.92 Å². The standard InChI is InChI=1S/C34H44ClF2N3O2/c1-20-14-24-27(16-29(20)35)34(17-28(24)33(6,7)38-21(2)41)10-12-39(13-11-34)31(42)26-19-40(32(3,4)5)18-25(26)23-9-8-22(36)15-30(23)37/h8-9,14-16,25-26,28H,10-13,17-19H2,1-7H3,(H,38,41)/t25-,26?,28-/m0/s1. The lowest BCUT2D eigenvalue weighted by Crippen LogP contribution is -2.49. The van der Waals surface area contributed by atoms with E-state index < -0.39 is 23.1 Å². The number of benzene rings is 2. The lowest BCUT2D eigenvalue weighted by molar-refractivity contribution is -0.137. The van der Waals surface area contributed by atoms with Gasteiger partial charge in [-0.25, -0.2) is 8.78 Å². The molecule has 2 aliphatic heterocycles. The van der Waals surface area contributed by atoms with Crippen LogP contribution in [0.1, 0.15) is 94.9 Å². The van der Waals surface area contributed by atoms with Gasteiger partial charge in [0.2, 0.25) is 11.8 Å². The molecule has 1 spiro atoms. The molecule has 0 radical (unpaired) electrons. The third-order valence-corrected chi connectivity index (χ3v) is 10.6. The van der Waals surface area contributed by atoms with E-state index in [-0.39, 0.29) is 34.6 Å². The number of likely N-dealkylation sites (tertiary alicyclic amines) is 2. The van der Waals surface area contributed by atoms with Crippen molar-refractivity contribution in [1.82, 2.24) is 15.1 Å². The molecule has 2 aromatic rings. The van der Waals surface area contributed by atoms with Gasteiger partial charge in [0.05, 0.1) is 5.92 Å². The summed E-state index contributed by atoms with van der Waals surface area (Å²) in [5, 5.41) is 3.91. The van der Waals surface area contributed by atoms with E-state index in [9.17, 15) is 18.4 Å². The van der Waals surface area contributed by atoms with E-state index in [2.05, 4.69) is 57.0 Å². The minimum Gasteiger partial charge on any atom is -0.351 e. The molecule has 228 valence electrons. The molecule has 1 aliphatic carbocycles. The summed E-state index contributed by atoms with van der Waals surface area (Å²) in [4.78, 5) is 30.4. The van der Waals surface area contributed by atoms with Gasteiger partial charge in [-0.1, -0.05) is 23.7 Å². The predicted molar refractivity (Wildman–Crippen MR) is 163 cm³/mol. The second-order valence-corrected chi connectivity index (χ2v) is 14.8. The number of amides is 2. The molecule has 1 N–H and O–H groups in total. The van der Waals surface area contributed by atoms with Crippen molar-refractivity contribution >= 4 is 23.4 Å². The van der Waals surface area contributed by atoms with E-state index >= 15 is 0 Å². The van der Waals surface area contributed by atoms with Crippen LogP contribution in [0.15, 0.2) is 30.3 Å². The molecule has 2 heterocycles. The number of aryl methyl sites for hydroxylation is 1. The van der Waals surface area contributed by atoms with Crippen LogP contribution in [0.4, 0.5) is 8.78 Å². The number of nitrogens with one attached hydrogen (secondary N) is 1. The van der Waals surface area contributed by atoms with Gasteiger partial charge >= 0.3 is 0 Å². The normalized spacial score (nSPS) is 24.2. The highest BCUT2D eigenvalue weighted by Crippen LogP contribution is 2.56. The quantitative estimate of drug-likeness (QED) is 0.425. The largest absolute Gasteiger partial charge is 0.351 e. The fraction of sp³-hybridized carbons (Fsp3) is 0.588. The van der Waals surface area contributed by atoms with Crippen molar-refractivity contribution in [2.24, 2.45) is 5.92 Å². The van der Waals surface area contributed by atoms with Crippen molar-refractivity contribution in [1.29, 1.82) is 0 Å². The molecule has 2 fully saturated rings. The molecular weight excluding hydrogens is 556 g/mol. The first-order chi connectivity index (χ1) is 19.5. The zero-order valence-corrected chi connectivity index (χ0v) is 26.7. The Morgan fingerprint density at radius 2 is 1.67 bits per heavy atom. The topological polar surface area (TPSA) is 52.7 Å². The highest BCUT2D eigenvalue weighted by atomic mass is 35.5. The Hall–Kier alpha value is -2.51. The first-order valence-electron chi connectivity index (χ1n) is 15.1. The summed E-state index contributed by atoms with van der Waals surface area (Å²) >= 11 is 6.66. The van der Waals surface area contributed by atoms with E-state index in [4.69, 9.17) is 11.6 Å². The highest BCUT2D eigenvalue weighted by molar-refractivity contribution is 6.31. The molecule has 0 saturated carbocycles. The molecule has 3 atom stereocenters. The monoisotopic (exact) mass is 599 g/mol. The molecule has 2 saturated heterocycles. The van der Waals surface area contributed by atoms with Crippen molar-refractivity contribution in [2.45, 2.75) is 96.1 Å². The van der Waals surface area contributed by atoms with E-state index in [1.807, 2.05) is 11.8 Å². The molecule has 5 nitrogen and oxygen atoms in total. The summed E-state index contributed by atoms with van der Waals surface area (Å²) in [7, 11) is 0. The summed E-state index contributed by atoms with van der Waals surface area (Å²) in [6.45, 7) is 16.3. The van der Waals surface area contributed by atoms with Crippen molar-refractivity contribution < 1.29 is 18.4 Å². The van der Waals surface area contributed by atoms with Crippen molar-refractivity contribution in [2.75, 3.05) is 26.2 Å². The fourth-order valence-electron chi connectivity index (χ4n) is 7.83. The lowest BCUT2D eigenvalue weighted by atomic mass is 9.71. The van der Waals surface area contributed by atoms with Crippen LogP contribution in [-0.4, -0.2) is 58.9 Å². The third-order valence-electron chi connectivity index (χ3n) is 10.2. The van der Waals surface area contributed by atoms with Crippen LogP contribution in [0.25, 0.3) is 0 Å².